The lowest BCUT2D eigenvalue weighted by Crippen LogP contribution is -2.25. The van der Waals surface area contributed by atoms with Crippen LogP contribution >= 0.6 is 0 Å². The molecule has 2 rings (SSSR count). The Morgan fingerprint density at radius 1 is 1.50 bits per heavy atom. The number of carbonyl (C=O) groups excluding carboxylic acids is 1. The van der Waals surface area contributed by atoms with Crippen LogP contribution in [0.2, 0.25) is 0 Å². The minimum Gasteiger partial charge on any atom is -0.396 e. The van der Waals surface area contributed by atoms with Crippen molar-refractivity contribution in [3.63, 3.8) is 0 Å². The number of hydrogen-bond acceptors (Lipinski definition) is 2. The van der Waals surface area contributed by atoms with Crippen molar-refractivity contribution in [2.75, 3.05) is 5.73 Å². The van der Waals surface area contributed by atoms with Crippen molar-refractivity contribution in [2.24, 2.45) is 0 Å². The molecule has 3 N–H and O–H groups in total. The van der Waals surface area contributed by atoms with Crippen LogP contribution in [-0.2, 0) is 0 Å². The van der Waals surface area contributed by atoms with E-state index >= 15 is 0 Å². The minimum atomic E-state index is -0.548. The molecule has 0 spiro atoms. The van der Waals surface area contributed by atoms with Crippen molar-refractivity contribution in [2.45, 2.75) is 18.9 Å². The first-order valence-electron chi connectivity index (χ1n) is 4.52. The number of anilines is 1. The molecule has 0 aromatic heterocycles. The second kappa shape index (κ2) is 3.29. The first-order valence-corrected chi connectivity index (χ1v) is 4.52. The van der Waals surface area contributed by atoms with Gasteiger partial charge in [-0.05, 0) is 31.0 Å². The Morgan fingerprint density at radius 3 is 2.79 bits per heavy atom. The maximum atomic E-state index is 13.0. The van der Waals surface area contributed by atoms with E-state index in [9.17, 15) is 9.18 Å². The van der Waals surface area contributed by atoms with E-state index in [0.717, 1.165) is 18.9 Å². The predicted octanol–water partition coefficient (Wildman–Crippen LogP) is 1.30. The molecule has 1 amide bonds. The average molecular weight is 194 g/mol. The lowest BCUT2D eigenvalue weighted by Gasteiger charge is -2.03. The molecule has 14 heavy (non-hydrogen) atoms. The second-order valence-electron chi connectivity index (χ2n) is 3.48. The van der Waals surface area contributed by atoms with E-state index < -0.39 is 5.82 Å². The van der Waals surface area contributed by atoms with Crippen LogP contribution in [0.5, 0.6) is 0 Å². The zero-order chi connectivity index (χ0) is 10.1. The molecule has 4 heteroatoms. The fraction of sp³-hybridized carbons (Fsp3) is 0.300. The van der Waals surface area contributed by atoms with E-state index in [1.54, 1.807) is 0 Å². The van der Waals surface area contributed by atoms with Crippen LogP contribution in [0.4, 0.5) is 10.1 Å². The van der Waals surface area contributed by atoms with E-state index in [0.29, 0.717) is 5.56 Å². The standard InChI is InChI=1S/C10H11FN2O/c11-8-5-6(1-4-9(8)12)10(14)13-7-2-3-7/h1,4-5,7H,2-3,12H2,(H,13,14). The fourth-order valence-corrected chi connectivity index (χ4v) is 1.16. The first-order chi connectivity index (χ1) is 6.66. The van der Waals surface area contributed by atoms with Crippen LogP contribution in [0, 0.1) is 5.82 Å². The summed E-state index contributed by atoms with van der Waals surface area (Å²) in [5.74, 6) is -0.778. The van der Waals surface area contributed by atoms with Gasteiger partial charge in [-0.1, -0.05) is 0 Å². The lowest BCUT2D eigenvalue weighted by molar-refractivity contribution is 0.0950. The van der Waals surface area contributed by atoms with Gasteiger partial charge in [0.25, 0.3) is 5.91 Å². The number of nitrogen functional groups attached to an aromatic ring is 1. The summed E-state index contributed by atoms with van der Waals surface area (Å²) in [5.41, 5.74) is 5.68. The number of hydrogen-bond donors (Lipinski definition) is 2. The number of nitrogens with one attached hydrogen (secondary N) is 1. The maximum Gasteiger partial charge on any atom is 0.251 e. The Balaban J connectivity index is 2.14. The summed E-state index contributed by atoms with van der Waals surface area (Å²) in [5, 5.41) is 2.77. The van der Waals surface area contributed by atoms with Crippen LogP contribution in [0.25, 0.3) is 0 Å². The van der Waals surface area contributed by atoms with Gasteiger partial charge in [0.05, 0.1) is 5.69 Å². The first kappa shape index (κ1) is 8.99. The van der Waals surface area contributed by atoms with Gasteiger partial charge in [-0.3, -0.25) is 4.79 Å². The third kappa shape index (κ3) is 1.84. The van der Waals surface area contributed by atoms with E-state index in [4.69, 9.17) is 5.73 Å². The summed E-state index contributed by atoms with van der Waals surface area (Å²) in [6, 6.07) is 4.36. The van der Waals surface area contributed by atoms with Crippen LogP contribution in [-0.4, -0.2) is 11.9 Å². The second-order valence-corrected chi connectivity index (χ2v) is 3.48. The highest BCUT2D eigenvalue weighted by Gasteiger charge is 2.23. The number of amides is 1. The molecular weight excluding hydrogens is 183 g/mol. The molecule has 0 unspecified atom stereocenters. The molecule has 1 saturated carbocycles. The lowest BCUT2D eigenvalue weighted by atomic mass is 10.2. The minimum absolute atomic E-state index is 0.0629. The van der Waals surface area contributed by atoms with E-state index in [2.05, 4.69) is 5.32 Å². The SMILES string of the molecule is Nc1ccc(C(=O)NC2CC2)cc1F. The van der Waals surface area contributed by atoms with E-state index in [-0.39, 0.29) is 17.6 Å². The molecule has 0 heterocycles. The van der Waals surface area contributed by atoms with Crippen LogP contribution in [0.1, 0.15) is 23.2 Å². The van der Waals surface area contributed by atoms with Gasteiger partial charge < -0.3 is 11.1 Å². The highest BCUT2D eigenvalue weighted by Crippen LogP contribution is 2.20. The number of rotatable bonds is 2. The Kier molecular flexibility index (Phi) is 2.11. The average Bonchev–Trinajstić information content (AvgIpc) is 2.93. The molecule has 74 valence electrons. The summed E-state index contributed by atoms with van der Waals surface area (Å²) in [7, 11) is 0. The fourth-order valence-electron chi connectivity index (χ4n) is 1.16. The van der Waals surface area contributed by atoms with Crippen LogP contribution < -0.4 is 11.1 Å². The van der Waals surface area contributed by atoms with Crippen LogP contribution in [0.3, 0.4) is 0 Å². The highest BCUT2D eigenvalue weighted by atomic mass is 19.1. The van der Waals surface area contributed by atoms with Gasteiger partial charge in [0, 0.05) is 11.6 Å². The van der Waals surface area contributed by atoms with Crippen molar-refractivity contribution in [1.29, 1.82) is 0 Å². The van der Waals surface area contributed by atoms with Crippen LogP contribution in [0.15, 0.2) is 18.2 Å². The van der Waals surface area contributed by atoms with Crippen molar-refractivity contribution < 1.29 is 9.18 Å². The topological polar surface area (TPSA) is 55.1 Å². The monoisotopic (exact) mass is 194 g/mol. The molecule has 3 nitrogen and oxygen atoms in total. The van der Waals surface area contributed by atoms with Gasteiger partial charge in [-0.25, -0.2) is 4.39 Å². The summed E-state index contributed by atoms with van der Waals surface area (Å²) >= 11 is 0. The molecule has 0 aliphatic heterocycles. The summed E-state index contributed by atoms with van der Waals surface area (Å²) in [6.45, 7) is 0. The molecule has 0 saturated heterocycles. The normalized spacial score (nSPS) is 15.2. The molecule has 1 aliphatic rings. The Labute approximate surface area is 81.1 Å². The third-order valence-electron chi connectivity index (χ3n) is 2.18. The Morgan fingerprint density at radius 2 is 2.21 bits per heavy atom. The molecule has 1 aromatic rings. The zero-order valence-electron chi connectivity index (χ0n) is 7.59. The van der Waals surface area contributed by atoms with Crippen molar-refractivity contribution in [1.82, 2.24) is 5.32 Å². The summed E-state index contributed by atoms with van der Waals surface area (Å²) < 4.78 is 13.0. The molecule has 1 aliphatic carbocycles. The Bertz CT molecular complexity index is 374. The van der Waals surface area contributed by atoms with Gasteiger partial charge in [0.1, 0.15) is 5.82 Å². The smallest absolute Gasteiger partial charge is 0.251 e. The van der Waals surface area contributed by atoms with Gasteiger partial charge in [-0.2, -0.15) is 0 Å². The molecule has 1 aromatic carbocycles. The van der Waals surface area contributed by atoms with Gasteiger partial charge in [0.15, 0.2) is 0 Å². The number of carbonyl (C=O) groups is 1. The quantitative estimate of drug-likeness (QED) is 0.697. The highest BCUT2D eigenvalue weighted by molar-refractivity contribution is 5.94. The van der Waals surface area contributed by atoms with Crippen molar-refractivity contribution in [3.8, 4) is 0 Å². The zero-order valence-corrected chi connectivity index (χ0v) is 7.59. The van der Waals surface area contributed by atoms with Gasteiger partial charge in [-0.15, -0.1) is 0 Å². The van der Waals surface area contributed by atoms with E-state index in [1.807, 2.05) is 0 Å². The number of benzene rings is 1. The predicted molar refractivity (Wildman–Crippen MR) is 51.3 cm³/mol. The van der Waals surface area contributed by atoms with Gasteiger partial charge >= 0.3 is 0 Å². The Hall–Kier alpha value is -1.58. The number of nitrogens with two attached hydrogens (primary N) is 1. The number of halogens is 1. The molecule has 1 fully saturated rings. The largest absolute Gasteiger partial charge is 0.396 e. The van der Waals surface area contributed by atoms with Crippen molar-refractivity contribution >= 4 is 11.6 Å². The summed E-state index contributed by atoms with van der Waals surface area (Å²) in [4.78, 5) is 11.4. The third-order valence-corrected chi connectivity index (χ3v) is 2.18. The molecule has 0 radical (unpaired) electrons. The van der Waals surface area contributed by atoms with E-state index in [1.165, 1.54) is 12.1 Å². The maximum absolute atomic E-state index is 13.0. The molecule has 0 bridgehead atoms. The summed E-state index contributed by atoms with van der Waals surface area (Å²) in [6.07, 6.45) is 2.03. The van der Waals surface area contributed by atoms with Gasteiger partial charge in [0.2, 0.25) is 0 Å². The molecular formula is C10H11FN2O. The van der Waals surface area contributed by atoms with Crippen molar-refractivity contribution in [3.05, 3.63) is 29.6 Å². The molecule has 0 atom stereocenters.